The summed E-state index contributed by atoms with van der Waals surface area (Å²) in [6.07, 6.45) is 3.29. The van der Waals surface area contributed by atoms with Crippen LogP contribution in [0, 0.1) is 17.1 Å². The van der Waals surface area contributed by atoms with Gasteiger partial charge in [0.2, 0.25) is 0 Å². The lowest BCUT2D eigenvalue weighted by Crippen LogP contribution is -2.42. The first-order valence-corrected chi connectivity index (χ1v) is 7.91. The number of nitriles is 1. The van der Waals surface area contributed by atoms with E-state index in [9.17, 15) is 9.65 Å². The van der Waals surface area contributed by atoms with Crippen molar-refractivity contribution in [1.29, 1.82) is 5.26 Å². The van der Waals surface area contributed by atoms with E-state index in [4.69, 9.17) is 0 Å². The summed E-state index contributed by atoms with van der Waals surface area (Å²) < 4.78 is 14.4. The molecule has 4 nitrogen and oxygen atoms in total. The molecule has 0 atom stereocenters. The predicted octanol–water partition coefficient (Wildman–Crippen LogP) is 3.24. The first kappa shape index (κ1) is 15.4. The standard InChI is InChI=1S/C18H19FN4/c1-2-15-16(19)17(22-13-21-15)23-10-8-18(12-20,9-11-23)14-6-4-3-5-7-14/h3-7,13H,2,8-11H2,1H3. The van der Waals surface area contributed by atoms with Crippen LogP contribution in [0.15, 0.2) is 36.7 Å². The minimum absolute atomic E-state index is 0.334. The molecule has 0 unspecified atom stereocenters. The first-order valence-electron chi connectivity index (χ1n) is 7.91. The Hall–Kier alpha value is -2.48. The van der Waals surface area contributed by atoms with Crippen molar-refractivity contribution in [1.82, 2.24) is 9.97 Å². The average Bonchev–Trinajstić information content (AvgIpc) is 2.63. The van der Waals surface area contributed by atoms with Crippen LogP contribution in [-0.4, -0.2) is 23.1 Å². The zero-order chi connectivity index (χ0) is 16.3. The van der Waals surface area contributed by atoms with E-state index in [0.717, 1.165) is 5.56 Å². The Bertz CT molecular complexity index is 716. The van der Waals surface area contributed by atoms with Crippen LogP contribution in [0.1, 0.15) is 31.0 Å². The Balaban J connectivity index is 1.82. The number of piperidine rings is 1. The lowest BCUT2D eigenvalue weighted by molar-refractivity contribution is 0.410. The zero-order valence-corrected chi connectivity index (χ0v) is 13.2. The summed E-state index contributed by atoms with van der Waals surface area (Å²) >= 11 is 0. The van der Waals surface area contributed by atoms with E-state index in [1.165, 1.54) is 6.33 Å². The van der Waals surface area contributed by atoms with Crippen LogP contribution in [0.4, 0.5) is 10.2 Å². The van der Waals surface area contributed by atoms with E-state index in [2.05, 4.69) is 16.0 Å². The highest BCUT2D eigenvalue weighted by molar-refractivity contribution is 5.44. The third kappa shape index (κ3) is 2.77. The van der Waals surface area contributed by atoms with E-state index in [1.54, 1.807) is 0 Å². The number of halogens is 1. The molecule has 0 amide bonds. The molecular formula is C18H19FN4. The molecule has 0 bridgehead atoms. The second kappa shape index (κ2) is 6.33. The second-order valence-electron chi connectivity index (χ2n) is 5.86. The maximum Gasteiger partial charge on any atom is 0.187 e. The maximum absolute atomic E-state index is 14.4. The van der Waals surface area contributed by atoms with Gasteiger partial charge >= 0.3 is 0 Å². The van der Waals surface area contributed by atoms with Gasteiger partial charge in [0, 0.05) is 13.1 Å². The molecule has 1 aliphatic heterocycles. The molecule has 23 heavy (non-hydrogen) atoms. The molecule has 1 saturated heterocycles. The normalized spacial score (nSPS) is 16.8. The Morgan fingerprint density at radius 1 is 1.22 bits per heavy atom. The van der Waals surface area contributed by atoms with Crippen molar-refractivity contribution in [2.45, 2.75) is 31.6 Å². The maximum atomic E-state index is 14.4. The highest BCUT2D eigenvalue weighted by atomic mass is 19.1. The van der Waals surface area contributed by atoms with Crippen LogP contribution < -0.4 is 4.90 Å². The monoisotopic (exact) mass is 310 g/mol. The van der Waals surface area contributed by atoms with Gasteiger partial charge < -0.3 is 4.90 Å². The van der Waals surface area contributed by atoms with Crippen LogP contribution in [0.25, 0.3) is 0 Å². The quantitative estimate of drug-likeness (QED) is 0.873. The molecule has 3 rings (SSSR count). The van der Waals surface area contributed by atoms with Crippen molar-refractivity contribution >= 4 is 5.82 Å². The van der Waals surface area contributed by atoms with Crippen molar-refractivity contribution < 1.29 is 4.39 Å². The van der Waals surface area contributed by atoms with Crippen LogP contribution in [0.2, 0.25) is 0 Å². The molecule has 2 aromatic rings. The van der Waals surface area contributed by atoms with Gasteiger partial charge in [0.1, 0.15) is 6.33 Å². The Labute approximate surface area is 135 Å². The minimum Gasteiger partial charge on any atom is -0.354 e. The summed E-state index contributed by atoms with van der Waals surface area (Å²) in [4.78, 5) is 10.0. The number of aromatic nitrogens is 2. The van der Waals surface area contributed by atoms with Gasteiger partial charge in [-0.1, -0.05) is 37.3 Å². The molecule has 0 spiro atoms. The fourth-order valence-corrected chi connectivity index (χ4v) is 3.19. The first-order chi connectivity index (χ1) is 11.2. The van der Waals surface area contributed by atoms with Crippen LogP contribution in [0.3, 0.4) is 0 Å². The number of hydrogen-bond acceptors (Lipinski definition) is 4. The van der Waals surface area contributed by atoms with Gasteiger partial charge in [0.25, 0.3) is 0 Å². The SMILES string of the molecule is CCc1ncnc(N2CCC(C#N)(c3ccccc3)CC2)c1F. The molecule has 1 aromatic carbocycles. The molecule has 0 saturated carbocycles. The smallest absolute Gasteiger partial charge is 0.187 e. The van der Waals surface area contributed by atoms with Gasteiger partial charge in [-0.2, -0.15) is 5.26 Å². The Kier molecular flexibility index (Phi) is 4.24. The molecule has 2 heterocycles. The second-order valence-corrected chi connectivity index (χ2v) is 5.86. The summed E-state index contributed by atoms with van der Waals surface area (Å²) in [7, 11) is 0. The molecule has 0 radical (unpaired) electrons. The highest BCUT2D eigenvalue weighted by Gasteiger charge is 2.37. The topological polar surface area (TPSA) is 52.8 Å². The van der Waals surface area contributed by atoms with E-state index in [-0.39, 0.29) is 5.82 Å². The predicted molar refractivity (Wildman–Crippen MR) is 86.5 cm³/mol. The molecule has 1 fully saturated rings. The minimum atomic E-state index is -0.491. The molecule has 0 aliphatic carbocycles. The van der Waals surface area contributed by atoms with Crippen molar-refractivity contribution in [2.24, 2.45) is 0 Å². The number of nitrogens with zero attached hydrogens (tertiary/aromatic N) is 4. The zero-order valence-electron chi connectivity index (χ0n) is 13.2. The number of benzene rings is 1. The molecule has 1 aliphatic rings. The van der Waals surface area contributed by atoms with Crippen LogP contribution in [-0.2, 0) is 11.8 Å². The number of anilines is 1. The molecular weight excluding hydrogens is 291 g/mol. The lowest BCUT2D eigenvalue weighted by atomic mass is 9.74. The fourth-order valence-electron chi connectivity index (χ4n) is 3.19. The van der Waals surface area contributed by atoms with Crippen LogP contribution in [0.5, 0.6) is 0 Å². The van der Waals surface area contributed by atoms with Gasteiger partial charge in [-0.3, -0.25) is 0 Å². The number of rotatable bonds is 3. The number of aryl methyl sites for hydroxylation is 1. The Morgan fingerprint density at radius 2 is 1.91 bits per heavy atom. The summed E-state index contributed by atoms with van der Waals surface area (Å²) in [6, 6.07) is 12.4. The highest BCUT2D eigenvalue weighted by Crippen LogP contribution is 2.36. The van der Waals surface area contributed by atoms with Gasteiger partial charge in [-0.05, 0) is 24.8 Å². The summed E-state index contributed by atoms with van der Waals surface area (Å²) in [5, 5.41) is 9.72. The van der Waals surface area contributed by atoms with Crippen molar-refractivity contribution in [3.05, 3.63) is 53.7 Å². The molecule has 0 N–H and O–H groups in total. The third-order valence-electron chi connectivity index (χ3n) is 4.64. The van der Waals surface area contributed by atoms with Gasteiger partial charge in [0.05, 0.1) is 17.2 Å². The van der Waals surface area contributed by atoms with E-state index in [0.29, 0.717) is 43.9 Å². The van der Waals surface area contributed by atoms with Crippen molar-refractivity contribution in [3.8, 4) is 6.07 Å². The van der Waals surface area contributed by atoms with E-state index >= 15 is 0 Å². The van der Waals surface area contributed by atoms with Gasteiger partial charge in [-0.25, -0.2) is 14.4 Å². The summed E-state index contributed by atoms with van der Waals surface area (Å²) in [6.45, 7) is 3.10. The van der Waals surface area contributed by atoms with E-state index in [1.807, 2.05) is 42.2 Å². The third-order valence-corrected chi connectivity index (χ3v) is 4.64. The van der Waals surface area contributed by atoms with Gasteiger partial charge in [-0.15, -0.1) is 0 Å². The van der Waals surface area contributed by atoms with Crippen LogP contribution >= 0.6 is 0 Å². The van der Waals surface area contributed by atoms with Crippen molar-refractivity contribution in [3.63, 3.8) is 0 Å². The molecule has 118 valence electrons. The Morgan fingerprint density at radius 3 is 2.52 bits per heavy atom. The summed E-state index contributed by atoms with van der Waals surface area (Å²) in [5.74, 6) is 0.0237. The van der Waals surface area contributed by atoms with E-state index < -0.39 is 5.41 Å². The average molecular weight is 310 g/mol. The fraction of sp³-hybridized carbons (Fsp3) is 0.389. The number of hydrogen-bond donors (Lipinski definition) is 0. The molecule has 5 heteroatoms. The molecule has 1 aromatic heterocycles. The van der Waals surface area contributed by atoms with Crippen molar-refractivity contribution in [2.75, 3.05) is 18.0 Å². The summed E-state index contributed by atoms with van der Waals surface area (Å²) in [5.41, 5.74) is 0.990. The largest absolute Gasteiger partial charge is 0.354 e. The van der Waals surface area contributed by atoms with Gasteiger partial charge in [0.15, 0.2) is 11.6 Å². The lowest BCUT2D eigenvalue weighted by Gasteiger charge is -2.38.